The summed E-state index contributed by atoms with van der Waals surface area (Å²) in [6, 6.07) is 12.3. The number of rotatable bonds is 8. The largest absolute Gasteiger partial charge is 0.490 e. The van der Waals surface area contributed by atoms with Gasteiger partial charge in [-0.25, -0.2) is 4.98 Å². The van der Waals surface area contributed by atoms with Gasteiger partial charge in [0.25, 0.3) is 5.91 Å². The number of anilines is 1. The Balaban J connectivity index is 1.35. The molecule has 9 heteroatoms. The number of amides is 2. The van der Waals surface area contributed by atoms with Gasteiger partial charge in [0, 0.05) is 48.7 Å². The van der Waals surface area contributed by atoms with Gasteiger partial charge in [0.15, 0.2) is 11.5 Å². The first-order chi connectivity index (χ1) is 17.0. The Morgan fingerprint density at radius 2 is 1.91 bits per heavy atom. The van der Waals surface area contributed by atoms with Crippen molar-refractivity contribution in [2.75, 3.05) is 25.0 Å². The van der Waals surface area contributed by atoms with Gasteiger partial charge in [-0.3, -0.25) is 14.6 Å². The number of likely N-dealkylation sites (tertiary alicyclic amines) is 1. The van der Waals surface area contributed by atoms with Gasteiger partial charge in [0.05, 0.1) is 11.6 Å². The highest BCUT2D eigenvalue weighted by molar-refractivity contribution is 6.30. The van der Waals surface area contributed by atoms with Gasteiger partial charge in [0.1, 0.15) is 12.4 Å². The third-order valence-electron chi connectivity index (χ3n) is 5.74. The van der Waals surface area contributed by atoms with E-state index in [0.717, 1.165) is 5.56 Å². The van der Waals surface area contributed by atoms with E-state index >= 15 is 0 Å². The maximum Gasteiger partial charge on any atom is 0.253 e. The van der Waals surface area contributed by atoms with Crippen LogP contribution in [0.25, 0.3) is 0 Å². The Morgan fingerprint density at radius 1 is 1.09 bits per heavy atom. The summed E-state index contributed by atoms with van der Waals surface area (Å²) in [5, 5.41) is 3.33. The maximum absolute atomic E-state index is 13.1. The number of nitrogens with one attached hydrogen (secondary N) is 1. The molecule has 1 aromatic carbocycles. The van der Waals surface area contributed by atoms with Crippen LogP contribution >= 0.6 is 11.6 Å². The summed E-state index contributed by atoms with van der Waals surface area (Å²) in [5.41, 5.74) is 1.46. The Labute approximate surface area is 209 Å². The molecular weight excluding hydrogens is 468 g/mol. The lowest BCUT2D eigenvalue weighted by atomic mass is 9.95. The van der Waals surface area contributed by atoms with Crippen molar-refractivity contribution in [3.8, 4) is 11.5 Å². The zero-order valence-corrected chi connectivity index (χ0v) is 20.2. The van der Waals surface area contributed by atoms with Crippen molar-refractivity contribution in [3.63, 3.8) is 0 Å². The van der Waals surface area contributed by atoms with Crippen molar-refractivity contribution in [2.24, 2.45) is 5.92 Å². The third kappa shape index (κ3) is 6.48. The molecule has 4 rings (SSSR count). The predicted molar refractivity (Wildman–Crippen MR) is 133 cm³/mol. The number of hydrogen-bond donors (Lipinski definition) is 1. The number of piperidine rings is 1. The standard InChI is InChI=1S/C26H27ClN4O4/c1-2-34-23-14-20(5-7-22(23)35-17-18-4-3-11-28-15-18)26(33)31-12-9-19(10-13-31)25(32)30-24-8-6-21(27)16-29-24/h3-8,11,14-16,19H,2,9-10,12-13,17H2,1H3,(H,29,30,32). The minimum atomic E-state index is -0.182. The number of hydrogen-bond acceptors (Lipinski definition) is 6. The van der Waals surface area contributed by atoms with Crippen LogP contribution in [0, 0.1) is 5.92 Å². The number of halogens is 1. The minimum absolute atomic E-state index is 0.0945. The Bertz CT molecular complexity index is 1150. The summed E-state index contributed by atoms with van der Waals surface area (Å²) < 4.78 is 11.6. The molecule has 0 atom stereocenters. The van der Waals surface area contributed by atoms with E-state index in [2.05, 4.69) is 15.3 Å². The molecule has 0 unspecified atom stereocenters. The average molecular weight is 495 g/mol. The van der Waals surface area contributed by atoms with E-state index in [1.54, 1.807) is 47.6 Å². The molecule has 0 bridgehead atoms. The van der Waals surface area contributed by atoms with Crippen LogP contribution in [0.1, 0.15) is 35.7 Å². The summed E-state index contributed by atoms with van der Waals surface area (Å²) in [6.45, 7) is 3.67. The molecule has 3 aromatic rings. The number of nitrogens with zero attached hydrogens (tertiary/aromatic N) is 3. The second-order valence-corrected chi connectivity index (χ2v) is 8.60. The van der Waals surface area contributed by atoms with Gasteiger partial charge in [-0.15, -0.1) is 0 Å². The monoisotopic (exact) mass is 494 g/mol. The zero-order valence-electron chi connectivity index (χ0n) is 19.4. The van der Waals surface area contributed by atoms with Crippen LogP contribution in [0.2, 0.25) is 5.02 Å². The van der Waals surface area contributed by atoms with Gasteiger partial charge < -0.3 is 19.7 Å². The number of aromatic nitrogens is 2. The van der Waals surface area contributed by atoms with Crippen LogP contribution in [-0.2, 0) is 11.4 Å². The molecule has 2 aromatic heterocycles. The van der Waals surface area contributed by atoms with Crippen molar-refractivity contribution in [3.05, 3.63) is 77.2 Å². The van der Waals surface area contributed by atoms with E-state index in [4.69, 9.17) is 21.1 Å². The molecule has 1 saturated heterocycles. The van der Waals surface area contributed by atoms with Gasteiger partial charge in [-0.1, -0.05) is 17.7 Å². The molecule has 35 heavy (non-hydrogen) atoms. The normalized spacial score (nSPS) is 13.8. The van der Waals surface area contributed by atoms with Gasteiger partial charge in [-0.2, -0.15) is 0 Å². The predicted octanol–water partition coefficient (Wildman–Crippen LogP) is 4.60. The van der Waals surface area contributed by atoms with E-state index in [0.29, 0.717) is 67.0 Å². The molecule has 1 aliphatic heterocycles. The molecule has 0 aliphatic carbocycles. The number of benzene rings is 1. The van der Waals surface area contributed by atoms with E-state index < -0.39 is 0 Å². The van der Waals surface area contributed by atoms with Gasteiger partial charge in [0.2, 0.25) is 5.91 Å². The Kier molecular flexibility index (Phi) is 8.15. The molecule has 1 N–H and O–H groups in total. The molecule has 2 amide bonds. The van der Waals surface area contributed by atoms with Crippen LogP contribution in [0.3, 0.4) is 0 Å². The van der Waals surface area contributed by atoms with E-state index in [1.807, 2.05) is 19.1 Å². The van der Waals surface area contributed by atoms with E-state index in [-0.39, 0.29) is 17.7 Å². The topological polar surface area (TPSA) is 93.7 Å². The minimum Gasteiger partial charge on any atom is -0.490 e. The van der Waals surface area contributed by atoms with E-state index in [1.165, 1.54) is 6.20 Å². The second kappa shape index (κ2) is 11.7. The highest BCUT2D eigenvalue weighted by Gasteiger charge is 2.28. The van der Waals surface area contributed by atoms with Crippen molar-refractivity contribution in [1.29, 1.82) is 0 Å². The van der Waals surface area contributed by atoms with Crippen molar-refractivity contribution < 1.29 is 19.1 Å². The van der Waals surface area contributed by atoms with Gasteiger partial charge >= 0.3 is 0 Å². The summed E-state index contributed by atoms with van der Waals surface area (Å²) in [6.07, 6.45) is 6.10. The molecule has 182 valence electrons. The summed E-state index contributed by atoms with van der Waals surface area (Å²) in [7, 11) is 0. The highest BCUT2D eigenvalue weighted by atomic mass is 35.5. The number of pyridine rings is 2. The van der Waals surface area contributed by atoms with Crippen LogP contribution in [-0.4, -0.2) is 46.4 Å². The lowest BCUT2D eigenvalue weighted by Gasteiger charge is -2.31. The van der Waals surface area contributed by atoms with E-state index in [9.17, 15) is 9.59 Å². The average Bonchev–Trinajstić information content (AvgIpc) is 2.89. The zero-order chi connectivity index (χ0) is 24.6. The number of ether oxygens (including phenoxy) is 2. The second-order valence-electron chi connectivity index (χ2n) is 8.16. The fraction of sp³-hybridized carbons (Fsp3) is 0.308. The Hall–Kier alpha value is -3.65. The molecule has 8 nitrogen and oxygen atoms in total. The molecule has 1 fully saturated rings. The first-order valence-corrected chi connectivity index (χ1v) is 11.9. The summed E-state index contributed by atoms with van der Waals surface area (Å²) in [5.74, 6) is 1.18. The molecule has 0 spiro atoms. The first-order valence-electron chi connectivity index (χ1n) is 11.5. The highest BCUT2D eigenvalue weighted by Crippen LogP contribution is 2.30. The molecule has 1 aliphatic rings. The Morgan fingerprint density at radius 3 is 2.60 bits per heavy atom. The SMILES string of the molecule is CCOc1cc(C(=O)N2CCC(C(=O)Nc3ccc(Cl)cn3)CC2)ccc1OCc1cccnc1. The lowest BCUT2D eigenvalue weighted by molar-refractivity contribution is -0.121. The fourth-order valence-electron chi connectivity index (χ4n) is 3.88. The van der Waals surface area contributed by atoms with Crippen LogP contribution in [0.5, 0.6) is 11.5 Å². The van der Waals surface area contributed by atoms with Crippen LogP contribution < -0.4 is 14.8 Å². The number of carbonyl (C=O) groups is 2. The molecule has 0 radical (unpaired) electrons. The van der Waals surface area contributed by atoms with Crippen molar-refractivity contribution in [1.82, 2.24) is 14.9 Å². The third-order valence-corrected chi connectivity index (χ3v) is 5.96. The summed E-state index contributed by atoms with van der Waals surface area (Å²) >= 11 is 5.84. The summed E-state index contributed by atoms with van der Waals surface area (Å²) in [4.78, 5) is 35.7. The molecule has 0 saturated carbocycles. The fourth-order valence-corrected chi connectivity index (χ4v) is 3.99. The van der Waals surface area contributed by atoms with Gasteiger partial charge in [-0.05, 0) is 56.2 Å². The van der Waals surface area contributed by atoms with Crippen molar-refractivity contribution in [2.45, 2.75) is 26.4 Å². The first kappa shape index (κ1) is 24.5. The smallest absolute Gasteiger partial charge is 0.253 e. The van der Waals surface area contributed by atoms with Crippen LogP contribution in [0.4, 0.5) is 5.82 Å². The molecular formula is C26H27ClN4O4. The van der Waals surface area contributed by atoms with Crippen LogP contribution in [0.15, 0.2) is 61.1 Å². The quantitative estimate of drug-likeness (QED) is 0.492. The molecule has 3 heterocycles. The number of carbonyl (C=O) groups excluding carboxylic acids is 2. The maximum atomic E-state index is 13.1. The van der Waals surface area contributed by atoms with Crippen molar-refractivity contribution >= 4 is 29.2 Å². The lowest BCUT2D eigenvalue weighted by Crippen LogP contribution is -2.41.